The highest BCUT2D eigenvalue weighted by molar-refractivity contribution is 6.04. The van der Waals surface area contributed by atoms with Gasteiger partial charge in [-0.2, -0.15) is 0 Å². The molecule has 21 heavy (non-hydrogen) atoms. The lowest BCUT2D eigenvalue weighted by molar-refractivity contribution is -0.577. The van der Waals surface area contributed by atoms with Crippen molar-refractivity contribution in [2.75, 3.05) is 13.2 Å². The molecule has 0 fully saturated rings. The third-order valence-corrected chi connectivity index (χ3v) is 5.29. The Labute approximate surface area is 125 Å². The first-order valence-corrected chi connectivity index (χ1v) is 8.19. The normalized spacial score (nSPS) is 25.0. The largest absolute Gasteiger partial charge is 0.395 e. The lowest BCUT2D eigenvalue weighted by Crippen LogP contribution is -2.44. The summed E-state index contributed by atoms with van der Waals surface area (Å²) in [5.41, 5.74) is 5.33. The Bertz CT molecular complexity index is 713. The summed E-state index contributed by atoms with van der Waals surface area (Å²) in [6.07, 6.45) is 4.80. The van der Waals surface area contributed by atoms with Crippen molar-refractivity contribution in [3.63, 3.8) is 0 Å². The van der Waals surface area contributed by atoms with Crippen LogP contribution in [0.4, 0.5) is 0 Å². The third kappa shape index (κ3) is 1.80. The van der Waals surface area contributed by atoms with Crippen molar-refractivity contribution in [2.24, 2.45) is 0 Å². The summed E-state index contributed by atoms with van der Waals surface area (Å²) in [6, 6.07) is 8.97. The summed E-state index contributed by atoms with van der Waals surface area (Å²) in [5.74, 6) is 0.225. The number of aromatic amines is 1. The zero-order chi connectivity index (χ0) is 14.4. The van der Waals surface area contributed by atoms with E-state index < -0.39 is 0 Å². The lowest BCUT2D eigenvalue weighted by atomic mass is 9.82. The van der Waals surface area contributed by atoms with Crippen LogP contribution < -0.4 is 0 Å². The van der Waals surface area contributed by atoms with E-state index in [9.17, 15) is 5.11 Å². The first-order valence-electron chi connectivity index (χ1n) is 8.19. The van der Waals surface area contributed by atoms with Gasteiger partial charge in [-0.1, -0.05) is 25.1 Å². The molecular formula is C18H23N2O+. The van der Waals surface area contributed by atoms with Crippen LogP contribution in [-0.2, 0) is 0 Å². The number of nitrogens with zero attached hydrogens (tertiary/aromatic N) is 1. The molecule has 2 aliphatic rings. The Balaban J connectivity index is 2.02. The molecule has 2 N–H and O–H groups in total. The van der Waals surface area contributed by atoms with Gasteiger partial charge in [0.15, 0.2) is 11.8 Å². The maximum Gasteiger partial charge on any atom is 0.200 e. The molecule has 2 unspecified atom stereocenters. The van der Waals surface area contributed by atoms with E-state index in [1.807, 2.05) is 0 Å². The summed E-state index contributed by atoms with van der Waals surface area (Å²) in [4.78, 5) is 3.63. The molecule has 2 atom stereocenters. The number of aliphatic hydroxyl groups is 1. The van der Waals surface area contributed by atoms with Crippen LogP contribution in [0.15, 0.2) is 24.3 Å². The molecule has 0 spiro atoms. The van der Waals surface area contributed by atoms with E-state index in [2.05, 4.69) is 40.7 Å². The van der Waals surface area contributed by atoms with Crippen molar-refractivity contribution in [3.8, 4) is 0 Å². The topological polar surface area (TPSA) is 39.0 Å². The Morgan fingerprint density at radius 1 is 1.29 bits per heavy atom. The number of H-pyrrole nitrogens is 1. The molecule has 1 aromatic carbocycles. The molecule has 0 saturated carbocycles. The van der Waals surface area contributed by atoms with Crippen LogP contribution in [0.5, 0.6) is 0 Å². The van der Waals surface area contributed by atoms with Gasteiger partial charge in [0, 0.05) is 35.7 Å². The third-order valence-electron chi connectivity index (χ3n) is 5.29. The van der Waals surface area contributed by atoms with Crippen LogP contribution >= 0.6 is 0 Å². The Morgan fingerprint density at radius 2 is 2.14 bits per heavy atom. The highest BCUT2D eigenvalue weighted by atomic mass is 16.3. The van der Waals surface area contributed by atoms with Crippen molar-refractivity contribution in [1.82, 2.24) is 4.98 Å². The number of aromatic nitrogens is 1. The number of para-hydroxylation sites is 1. The van der Waals surface area contributed by atoms with Crippen LogP contribution in [-0.4, -0.2) is 39.6 Å². The zero-order valence-corrected chi connectivity index (χ0v) is 12.6. The van der Waals surface area contributed by atoms with Crippen molar-refractivity contribution < 1.29 is 9.68 Å². The molecule has 110 valence electrons. The standard InChI is InChI=1S/C18H22N2O/c1-2-15-13(11-21)17-12-7-3-4-8-14(12)19-18(17)16-9-5-6-10-20(15)16/h3-4,7-8,13,15,21H,2,5-6,9-11H2,1H3/p+1. The average Bonchev–Trinajstić information content (AvgIpc) is 2.93. The summed E-state index contributed by atoms with van der Waals surface area (Å²) in [7, 11) is 0. The highest BCUT2D eigenvalue weighted by Gasteiger charge is 2.43. The minimum atomic E-state index is 0.225. The molecule has 0 aliphatic carbocycles. The first-order chi connectivity index (χ1) is 10.3. The second-order valence-corrected chi connectivity index (χ2v) is 6.32. The van der Waals surface area contributed by atoms with Crippen molar-refractivity contribution >= 4 is 16.6 Å². The molecule has 0 amide bonds. The molecule has 3 heterocycles. The highest BCUT2D eigenvalue weighted by Crippen LogP contribution is 2.38. The van der Waals surface area contributed by atoms with Crippen LogP contribution in [0.1, 0.15) is 49.8 Å². The molecule has 0 radical (unpaired) electrons. The van der Waals surface area contributed by atoms with E-state index >= 15 is 0 Å². The molecule has 1 aromatic heterocycles. The first kappa shape index (κ1) is 13.1. The van der Waals surface area contributed by atoms with Gasteiger partial charge < -0.3 is 10.1 Å². The van der Waals surface area contributed by atoms with Crippen molar-refractivity contribution in [3.05, 3.63) is 35.5 Å². The zero-order valence-electron chi connectivity index (χ0n) is 12.6. The molecule has 4 rings (SSSR count). The maximum absolute atomic E-state index is 10.1. The number of rotatable bonds is 2. The molecule has 2 aromatic rings. The lowest BCUT2D eigenvalue weighted by Gasteiger charge is -2.31. The van der Waals surface area contributed by atoms with Crippen LogP contribution in [0.2, 0.25) is 0 Å². The van der Waals surface area contributed by atoms with E-state index in [0.717, 1.165) is 19.4 Å². The molecule has 0 saturated heterocycles. The van der Waals surface area contributed by atoms with Gasteiger partial charge >= 0.3 is 0 Å². The van der Waals surface area contributed by atoms with Gasteiger partial charge in [0.05, 0.1) is 12.5 Å². The predicted molar refractivity (Wildman–Crippen MR) is 85.3 cm³/mol. The molecule has 0 bridgehead atoms. The van der Waals surface area contributed by atoms with Crippen LogP contribution in [0.25, 0.3) is 10.9 Å². The summed E-state index contributed by atoms with van der Waals surface area (Å²) in [5, 5.41) is 11.4. The predicted octanol–water partition coefficient (Wildman–Crippen LogP) is 3.02. The maximum atomic E-state index is 10.1. The van der Waals surface area contributed by atoms with Gasteiger partial charge in [-0.05, 0) is 12.5 Å². The fraction of sp³-hybridized carbons (Fsp3) is 0.500. The molecular weight excluding hydrogens is 260 g/mol. The second kappa shape index (κ2) is 4.99. The minimum absolute atomic E-state index is 0.225. The van der Waals surface area contributed by atoms with Crippen LogP contribution in [0.3, 0.4) is 0 Å². The van der Waals surface area contributed by atoms with E-state index in [-0.39, 0.29) is 12.5 Å². The van der Waals surface area contributed by atoms with Gasteiger partial charge in [-0.25, -0.2) is 4.58 Å². The monoisotopic (exact) mass is 283 g/mol. The smallest absolute Gasteiger partial charge is 0.200 e. The van der Waals surface area contributed by atoms with Gasteiger partial charge in [0.1, 0.15) is 12.2 Å². The van der Waals surface area contributed by atoms with E-state index in [0.29, 0.717) is 6.04 Å². The number of hydrogen-bond acceptors (Lipinski definition) is 1. The van der Waals surface area contributed by atoms with Gasteiger partial charge in [0.2, 0.25) is 0 Å². The Kier molecular flexibility index (Phi) is 3.11. The number of fused-ring (bicyclic) bond motifs is 4. The Morgan fingerprint density at radius 3 is 2.95 bits per heavy atom. The Hall–Kier alpha value is -1.61. The minimum Gasteiger partial charge on any atom is -0.395 e. The van der Waals surface area contributed by atoms with Gasteiger partial charge in [-0.15, -0.1) is 0 Å². The number of hydrogen-bond donors (Lipinski definition) is 2. The quantitative estimate of drug-likeness (QED) is 0.817. The van der Waals surface area contributed by atoms with E-state index in [4.69, 9.17) is 0 Å². The summed E-state index contributed by atoms with van der Waals surface area (Å²) >= 11 is 0. The second-order valence-electron chi connectivity index (χ2n) is 6.32. The average molecular weight is 283 g/mol. The fourth-order valence-corrected chi connectivity index (χ4v) is 4.39. The summed E-state index contributed by atoms with van der Waals surface area (Å²) in [6.45, 7) is 3.62. The molecule has 2 aliphatic heterocycles. The van der Waals surface area contributed by atoms with E-state index in [1.54, 1.807) is 0 Å². The van der Waals surface area contributed by atoms with Gasteiger partial charge in [0.25, 0.3) is 0 Å². The van der Waals surface area contributed by atoms with Crippen molar-refractivity contribution in [1.29, 1.82) is 0 Å². The van der Waals surface area contributed by atoms with Gasteiger partial charge in [-0.3, -0.25) is 0 Å². The number of nitrogens with one attached hydrogen (secondary N) is 1. The SMILES string of the molecule is CCC1C(CO)c2c([nH]c3ccccc23)C2=[N+]1CCCC2. The summed E-state index contributed by atoms with van der Waals surface area (Å²) < 4.78 is 2.57. The van der Waals surface area contributed by atoms with Crippen molar-refractivity contribution in [2.45, 2.75) is 44.6 Å². The number of aliphatic hydroxyl groups excluding tert-OH is 1. The molecule has 3 nitrogen and oxygen atoms in total. The van der Waals surface area contributed by atoms with E-state index in [1.165, 1.54) is 40.7 Å². The number of benzene rings is 1. The van der Waals surface area contributed by atoms with Crippen LogP contribution in [0, 0.1) is 0 Å². The molecule has 3 heteroatoms. The fourth-order valence-electron chi connectivity index (χ4n) is 4.39.